The third-order valence-electron chi connectivity index (χ3n) is 5.31. The number of hydrogen-bond donors (Lipinski definition) is 0. The maximum atomic E-state index is 13.0. The first-order valence-electron chi connectivity index (χ1n) is 9.77. The molecule has 3 heterocycles. The van der Waals surface area contributed by atoms with Crippen LogP contribution in [0.2, 0.25) is 0 Å². The van der Waals surface area contributed by atoms with Crippen LogP contribution in [0.1, 0.15) is 39.4 Å². The molecule has 2 aromatic carbocycles. The Bertz CT molecular complexity index is 1260. The van der Waals surface area contributed by atoms with E-state index in [1.165, 1.54) is 18.2 Å². The summed E-state index contributed by atoms with van der Waals surface area (Å²) in [4.78, 5) is 29.2. The summed E-state index contributed by atoms with van der Waals surface area (Å²) in [5.41, 5.74) is 1.99. The van der Waals surface area contributed by atoms with Crippen molar-refractivity contribution in [1.29, 1.82) is 0 Å². The average molecular weight is 435 g/mol. The van der Waals surface area contributed by atoms with Crippen LogP contribution < -0.4 is 14.2 Å². The van der Waals surface area contributed by atoms with Gasteiger partial charge in [-0.2, -0.15) is 8.78 Å². The smallest absolute Gasteiger partial charge is 0.387 e. The summed E-state index contributed by atoms with van der Waals surface area (Å²) in [5.74, 6) is -0.682. The molecule has 5 rings (SSSR count). The number of Topliss-reactive ketones (excluding diaryl/α,β-unsaturated/α-hetero) is 1. The summed E-state index contributed by atoms with van der Waals surface area (Å²) in [6, 6.07) is 12.8. The van der Waals surface area contributed by atoms with Crippen molar-refractivity contribution < 1.29 is 32.6 Å². The van der Waals surface area contributed by atoms with Gasteiger partial charge < -0.3 is 14.2 Å². The molecule has 0 bridgehead atoms. The number of allylic oxidation sites excluding steroid dienone is 1. The summed E-state index contributed by atoms with van der Waals surface area (Å²) in [6.45, 7) is -3.00. The second-order valence-corrected chi connectivity index (χ2v) is 7.22. The number of pyridine rings is 1. The minimum Gasteiger partial charge on any atom is -0.452 e. The fourth-order valence-electron chi connectivity index (χ4n) is 3.93. The third-order valence-corrected chi connectivity index (χ3v) is 5.31. The number of benzene rings is 2. The number of esters is 1. The Balaban J connectivity index is 1.59. The van der Waals surface area contributed by atoms with Crippen molar-refractivity contribution >= 4 is 17.8 Å². The van der Waals surface area contributed by atoms with Gasteiger partial charge in [0.15, 0.2) is 5.76 Å². The van der Waals surface area contributed by atoms with Crippen LogP contribution in [0.4, 0.5) is 8.78 Å². The number of hydrogen-bond acceptors (Lipinski definition) is 6. The Morgan fingerprint density at radius 3 is 2.59 bits per heavy atom. The van der Waals surface area contributed by atoms with Crippen LogP contribution in [0.25, 0.3) is 6.08 Å². The molecule has 0 saturated heterocycles. The van der Waals surface area contributed by atoms with Gasteiger partial charge in [-0.25, -0.2) is 0 Å². The van der Waals surface area contributed by atoms with Crippen LogP contribution in [-0.4, -0.2) is 23.3 Å². The molecule has 160 valence electrons. The minimum atomic E-state index is -3.00. The maximum absolute atomic E-state index is 13.0. The highest BCUT2D eigenvalue weighted by atomic mass is 19.3. The minimum absolute atomic E-state index is 0.0379. The number of nitrogens with zero attached hydrogens (tertiary/aromatic N) is 1. The van der Waals surface area contributed by atoms with E-state index in [-0.39, 0.29) is 29.4 Å². The molecule has 1 aromatic heterocycles. The zero-order valence-corrected chi connectivity index (χ0v) is 16.5. The topological polar surface area (TPSA) is 74.7 Å². The van der Waals surface area contributed by atoms with Gasteiger partial charge in [0.2, 0.25) is 5.78 Å². The number of carbonyl (C=O) groups is 2. The Morgan fingerprint density at radius 2 is 1.81 bits per heavy atom. The monoisotopic (exact) mass is 435 g/mol. The number of aromatic nitrogens is 1. The quantitative estimate of drug-likeness (QED) is 0.335. The lowest BCUT2D eigenvalue weighted by Gasteiger charge is -2.26. The van der Waals surface area contributed by atoms with E-state index < -0.39 is 18.4 Å². The fraction of sp³-hybridized carbons (Fsp3) is 0.125. The molecule has 6 nitrogen and oxygen atoms in total. The Hall–Kier alpha value is -4.07. The summed E-state index contributed by atoms with van der Waals surface area (Å²) in [5, 5.41) is 0. The van der Waals surface area contributed by atoms with Crippen LogP contribution in [-0.2, 0) is 4.79 Å². The molecule has 0 N–H and O–H groups in total. The molecule has 0 radical (unpaired) electrons. The lowest BCUT2D eigenvalue weighted by molar-refractivity contribution is -0.135. The van der Waals surface area contributed by atoms with E-state index in [9.17, 15) is 18.4 Å². The van der Waals surface area contributed by atoms with Gasteiger partial charge in [0.25, 0.3) is 0 Å². The first-order chi connectivity index (χ1) is 15.5. The van der Waals surface area contributed by atoms with E-state index in [1.54, 1.807) is 48.8 Å². The number of fused-ring (bicyclic) bond motifs is 3. The largest absolute Gasteiger partial charge is 0.452 e. The number of alkyl halides is 2. The lowest BCUT2D eigenvalue weighted by atomic mass is 9.85. The van der Waals surface area contributed by atoms with Crippen LogP contribution in [0.15, 0.2) is 66.7 Å². The molecular weight excluding hydrogens is 420 g/mol. The SMILES string of the molecule is O=C1C[C@H](c2ccncc2)c2c(ccc3c2O/C(=C\c2ccccc2OC(F)F)C3=O)O1. The third kappa shape index (κ3) is 3.49. The summed E-state index contributed by atoms with van der Waals surface area (Å²) >= 11 is 0. The molecule has 0 spiro atoms. The summed E-state index contributed by atoms with van der Waals surface area (Å²) in [6.07, 6.45) is 4.68. The van der Waals surface area contributed by atoms with Crippen molar-refractivity contribution in [2.75, 3.05) is 0 Å². The Labute approximate surface area is 181 Å². The predicted octanol–water partition coefficient (Wildman–Crippen LogP) is 4.74. The predicted molar refractivity (Wildman–Crippen MR) is 109 cm³/mol. The second kappa shape index (κ2) is 7.88. The first kappa shape index (κ1) is 19.9. The molecule has 0 unspecified atom stereocenters. The molecule has 2 aliphatic heterocycles. The highest BCUT2D eigenvalue weighted by molar-refractivity contribution is 6.15. The van der Waals surface area contributed by atoms with Crippen LogP contribution in [0.3, 0.4) is 0 Å². The van der Waals surface area contributed by atoms with Crippen molar-refractivity contribution in [3.63, 3.8) is 0 Å². The fourth-order valence-corrected chi connectivity index (χ4v) is 3.93. The zero-order chi connectivity index (χ0) is 22.2. The summed E-state index contributed by atoms with van der Waals surface area (Å²) < 4.78 is 41.3. The van der Waals surface area contributed by atoms with Crippen molar-refractivity contribution in [2.24, 2.45) is 0 Å². The van der Waals surface area contributed by atoms with E-state index in [1.807, 2.05) is 0 Å². The normalized spacial score (nSPS) is 18.2. The highest BCUT2D eigenvalue weighted by Crippen LogP contribution is 2.49. The molecule has 1 atom stereocenters. The molecule has 2 aliphatic rings. The van der Waals surface area contributed by atoms with Gasteiger partial charge in [-0.1, -0.05) is 18.2 Å². The molecule has 0 saturated carbocycles. The number of carbonyl (C=O) groups excluding carboxylic acids is 2. The molecule has 3 aromatic rings. The average Bonchev–Trinajstić information content (AvgIpc) is 3.10. The van der Waals surface area contributed by atoms with Crippen molar-refractivity contribution in [3.8, 4) is 17.2 Å². The van der Waals surface area contributed by atoms with Gasteiger partial charge in [-0.05, 0) is 42.0 Å². The first-order valence-corrected chi connectivity index (χ1v) is 9.77. The van der Waals surface area contributed by atoms with Gasteiger partial charge in [-0.15, -0.1) is 0 Å². The van der Waals surface area contributed by atoms with E-state index in [2.05, 4.69) is 9.72 Å². The number of rotatable bonds is 4. The van der Waals surface area contributed by atoms with E-state index >= 15 is 0 Å². The van der Waals surface area contributed by atoms with Crippen LogP contribution in [0, 0.1) is 0 Å². The van der Waals surface area contributed by atoms with E-state index in [0.717, 1.165) is 5.56 Å². The molecule has 8 heteroatoms. The number of halogens is 2. The van der Waals surface area contributed by atoms with Gasteiger partial charge >= 0.3 is 12.6 Å². The van der Waals surface area contributed by atoms with Gasteiger partial charge in [-0.3, -0.25) is 14.6 Å². The van der Waals surface area contributed by atoms with Crippen molar-refractivity contribution in [2.45, 2.75) is 19.0 Å². The van der Waals surface area contributed by atoms with Crippen molar-refractivity contribution in [1.82, 2.24) is 4.98 Å². The second-order valence-electron chi connectivity index (χ2n) is 7.22. The van der Waals surface area contributed by atoms with Crippen molar-refractivity contribution in [3.05, 3.63) is 88.9 Å². The zero-order valence-electron chi connectivity index (χ0n) is 16.5. The van der Waals surface area contributed by atoms with Crippen LogP contribution >= 0.6 is 0 Å². The number of para-hydroxylation sites is 1. The standard InChI is InChI=1S/C24H15F2NO5/c25-24(26)32-17-4-2-1-3-14(17)11-19-22(29)15-5-6-18-21(23(15)31-19)16(12-20(28)30-18)13-7-9-27-10-8-13/h1-11,16,24H,12H2/b19-11-/t16-/m1/s1. The molecule has 0 aliphatic carbocycles. The van der Waals surface area contributed by atoms with Crippen LogP contribution in [0.5, 0.6) is 17.2 Å². The van der Waals surface area contributed by atoms with E-state index in [0.29, 0.717) is 22.6 Å². The highest BCUT2D eigenvalue weighted by Gasteiger charge is 2.38. The maximum Gasteiger partial charge on any atom is 0.387 e. The number of ketones is 1. The molecule has 0 amide bonds. The van der Waals surface area contributed by atoms with Gasteiger partial charge in [0, 0.05) is 29.4 Å². The lowest BCUT2D eigenvalue weighted by Crippen LogP contribution is -2.21. The van der Waals surface area contributed by atoms with E-state index in [4.69, 9.17) is 9.47 Å². The number of ether oxygens (including phenoxy) is 3. The van der Waals surface area contributed by atoms with Gasteiger partial charge in [0.05, 0.1) is 12.0 Å². The Kier molecular flexibility index (Phi) is 4.89. The van der Waals surface area contributed by atoms with Gasteiger partial charge in [0.1, 0.15) is 17.2 Å². The molecular formula is C24H15F2NO5. The molecule has 0 fully saturated rings. The molecule has 32 heavy (non-hydrogen) atoms. The summed E-state index contributed by atoms with van der Waals surface area (Å²) in [7, 11) is 0. The Morgan fingerprint density at radius 1 is 1.03 bits per heavy atom.